The number of aliphatic imine (C=N–C) groups is 1. The molecule has 2 aromatic heterocycles. The summed E-state index contributed by atoms with van der Waals surface area (Å²) in [4.78, 5) is 20.0. The monoisotopic (exact) mass is 494 g/mol. The summed E-state index contributed by atoms with van der Waals surface area (Å²) >= 11 is 13.4. The minimum Gasteiger partial charge on any atom is -0.467 e. The van der Waals surface area contributed by atoms with Crippen molar-refractivity contribution in [2.24, 2.45) is 4.99 Å². The van der Waals surface area contributed by atoms with Gasteiger partial charge in [-0.25, -0.2) is 4.99 Å². The van der Waals surface area contributed by atoms with Gasteiger partial charge in [0.05, 0.1) is 33.4 Å². The molecule has 0 saturated carbocycles. The summed E-state index contributed by atoms with van der Waals surface area (Å²) in [5, 5.41) is 1.50. The molecule has 4 aromatic rings. The van der Waals surface area contributed by atoms with E-state index < -0.39 is 0 Å². The van der Waals surface area contributed by atoms with Crippen molar-refractivity contribution < 1.29 is 13.6 Å². The van der Waals surface area contributed by atoms with Crippen LogP contribution in [0.2, 0.25) is 10.0 Å². The fraction of sp³-hybridized carbons (Fsp3) is 0.0400. The highest BCUT2D eigenvalue weighted by molar-refractivity contribution is 8.18. The van der Waals surface area contributed by atoms with Crippen LogP contribution < -0.4 is 0 Å². The van der Waals surface area contributed by atoms with Crippen LogP contribution in [0.5, 0.6) is 0 Å². The lowest BCUT2D eigenvalue weighted by molar-refractivity contribution is -0.122. The number of hydrogen-bond donors (Lipinski definition) is 0. The molecule has 5 rings (SSSR count). The average Bonchev–Trinajstić information content (AvgIpc) is 3.56. The molecular formula is C25H16Cl2N2O3S. The molecule has 164 valence electrons. The minimum atomic E-state index is -0.168. The number of benzene rings is 2. The maximum absolute atomic E-state index is 13.2. The summed E-state index contributed by atoms with van der Waals surface area (Å²) in [7, 11) is 0. The van der Waals surface area contributed by atoms with Crippen LogP contribution >= 0.6 is 35.0 Å². The van der Waals surface area contributed by atoms with Gasteiger partial charge >= 0.3 is 0 Å². The Morgan fingerprint density at radius 3 is 2.58 bits per heavy atom. The number of para-hydroxylation sites is 1. The Hall–Kier alpha value is -3.19. The van der Waals surface area contributed by atoms with Crippen LogP contribution in [0.4, 0.5) is 5.69 Å². The number of carbonyl (C=O) groups is 1. The third kappa shape index (κ3) is 4.78. The summed E-state index contributed by atoms with van der Waals surface area (Å²) in [6, 6.07) is 22.1. The maximum atomic E-state index is 13.2. The molecular weight excluding hydrogens is 479 g/mol. The van der Waals surface area contributed by atoms with Gasteiger partial charge in [0, 0.05) is 11.6 Å². The van der Waals surface area contributed by atoms with Gasteiger partial charge in [-0.2, -0.15) is 0 Å². The number of nitrogens with zero attached hydrogens (tertiary/aromatic N) is 2. The molecule has 5 nitrogen and oxygen atoms in total. The summed E-state index contributed by atoms with van der Waals surface area (Å²) in [6.45, 7) is 0.286. The molecule has 0 atom stereocenters. The number of thioether (sulfide) groups is 1. The molecule has 2 aromatic carbocycles. The Morgan fingerprint density at radius 2 is 1.82 bits per heavy atom. The maximum Gasteiger partial charge on any atom is 0.267 e. The summed E-state index contributed by atoms with van der Waals surface area (Å²) in [6.07, 6.45) is 3.30. The zero-order valence-electron chi connectivity index (χ0n) is 17.1. The van der Waals surface area contributed by atoms with Crippen LogP contribution in [0.3, 0.4) is 0 Å². The van der Waals surface area contributed by atoms with Gasteiger partial charge < -0.3 is 8.83 Å². The van der Waals surface area contributed by atoms with Crippen molar-refractivity contribution in [1.29, 1.82) is 0 Å². The Kier molecular flexibility index (Phi) is 6.13. The van der Waals surface area contributed by atoms with Gasteiger partial charge in [0.15, 0.2) is 5.17 Å². The van der Waals surface area contributed by atoms with Gasteiger partial charge in [-0.15, -0.1) is 0 Å². The number of amides is 1. The predicted molar refractivity (Wildman–Crippen MR) is 133 cm³/mol. The van der Waals surface area contributed by atoms with Crippen molar-refractivity contribution >= 4 is 57.8 Å². The zero-order chi connectivity index (χ0) is 22.8. The van der Waals surface area contributed by atoms with E-state index in [1.807, 2.05) is 54.6 Å². The van der Waals surface area contributed by atoms with Gasteiger partial charge in [0.2, 0.25) is 0 Å². The van der Waals surface area contributed by atoms with Crippen molar-refractivity contribution in [3.63, 3.8) is 0 Å². The minimum absolute atomic E-state index is 0.168. The summed E-state index contributed by atoms with van der Waals surface area (Å²) < 4.78 is 11.4. The fourth-order valence-electron chi connectivity index (χ4n) is 3.27. The van der Waals surface area contributed by atoms with E-state index in [1.54, 1.807) is 35.4 Å². The van der Waals surface area contributed by atoms with Crippen molar-refractivity contribution in [2.75, 3.05) is 0 Å². The molecule has 3 heterocycles. The predicted octanol–water partition coefficient (Wildman–Crippen LogP) is 7.65. The van der Waals surface area contributed by atoms with E-state index in [0.29, 0.717) is 37.4 Å². The van der Waals surface area contributed by atoms with Crippen molar-refractivity contribution in [1.82, 2.24) is 4.90 Å². The fourth-order valence-corrected chi connectivity index (χ4v) is 4.54. The van der Waals surface area contributed by atoms with Crippen LogP contribution in [0, 0.1) is 0 Å². The molecule has 8 heteroatoms. The van der Waals surface area contributed by atoms with E-state index >= 15 is 0 Å². The lowest BCUT2D eigenvalue weighted by Gasteiger charge is -2.13. The topological polar surface area (TPSA) is 59.0 Å². The van der Waals surface area contributed by atoms with Crippen molar-refractivity contribution in [3.05, 3.63) is 106 Å². The van der Waals surface area contributed by atoms with Gasteiger partial charge in [-0.05, 0) is 66.4 Å². The van der Waals surface area contributed by atoms with Crippen molar-refractivity contribution in [3.8, 4) is 11.3 Å². The second kappa shape index (κ2) is 9.35. The lowest BCUT2D eigenvalue weighted by Crippen LogP contribution is -2.28. The highest BCUT2D eigenvalue weighted by Gasteiger charge is 2.34. The molecule has 0 aliphatic carbocycles. The highest BCUT2D eigenvalue weighted by atomic mass is 35.5. The average molecular weight is 495 g/mol. The molecule has 1 saturated heterocycles. The van der Waals surface area contributed by atoms with E-state index in [2.05, 4.69) is 4.99 Å². The highest BCUT2D eigenvalue weighted by Crippen LogP contribution is 2.36. The van der Waals surface area contributed by atoms with Gasteiger partial charge in [-0.3, -0.25) is 9.69 Å². The molecule has 1 aliphatic rings. The molecule has 1 fully saturated rings. The van der Waals surface area contributed by atoms with Crippen LogP contribution in [0.15, 0.2) is 97.8 Å². The quantitative estimate of drug-likeness (QED) is 0.267. The number of furan rings is 2. The second-order valence-corrected chi connectivity index (χ2v) is 8.97. The van der Waals surface area contributed by atoms with Gasteiger partial charge in [-0.1, -0.05) is 41.4 Å². The Labute approximate surface area is 204 Å². The molecule has 0 N–H and O–H groups in total. The third-order valence-corrected chi connectivity index (χ3v) is 6.61. The largest absolute Gasteiger partial charge is 0.467 e. The molecule has 0 spiro atoms. The third-order valence-electron chi connectivity index (χ3n) is 4.87. The first-order chi connectivity index (χ1) is 16.1. The van der Waals surface area contributed by atoms with E-state index in [4.69, 9.17) is 32.0 Å². The Morgan fingerprint density at radius 1 is 0.970 bits per heavy atom. The molecule has 0 radical (unpaired) electrons. The molecule has 33 heavy (non-hydrogen) atoms. The molecule has 1 aliphatic heterocycles. The lowest BCUT2D eigenvalue weighted by atomic mass is 10.2. The number of amidine groups is 1. The van der Waals surface area contributed by atoms with Crippen LogP contribution in [0.1, 0.15) is 11.5 Å². The number of rotatable bonds is 5. The summed E-state index contributed by atoms with van der Waals surface area (Å²) in [5.41, 5.74) is 1.56. The van der Waals surface area contributed by atoms with Crippen LogP contribution in [-0.4, -0.2) is 16.0 Å². The number of carbonyl (C=O) groups excluding carboxylic acids is 1. The van der Waals surface area contributed by atoms with Gasteiger partial charge in [0.1, 0.15) is 17.3 Å². The smallest absolute Gasteiger partial charge is 0.267 e. The first-order valence-electron chi connectivity index (χ1n) is 9.99. The van der Waals surface area contributed by atoms with Crippen molar-refractivity contribution in [2.45, 2.75) is 6.54 Å². The van der Waals surface area contributed by atoms with Crippen LogP contribution in [-0.2, 0) is 11.3 Å². The first-order valence-corrected chi connectivity index (χ1v) is 11.6. The van der Waals surface area contributed by atoms with E-state index in [9.17, 15) is 4.79 Å². The van der Waals surface area contributed by atoms with E-state index in [1.165, 1.54) is 11.8 Å². The van der Waals surface area contributed by atoms with E-state index in [0.717, 1.165) is 11.3 Å². The number of hydrogen-bond acceptors (Lipinski definition) is 5. The standard InChI is InChI=1S/C25H16Cl2N2O3S/c26-20-10-8-16(13-21(20)27)22-11-9-18(32-22)14-23-24(30)29(15-19-7-4-12-31-19)25(33-23)28-17-5-2-1-3-6-17/h1-14H,15H2. The second-order valence-electron chi connectivity index (χ2n) is 7.14. The normalized spacial score (nSPS) is 16.3. The Bertz CT molecular complexity index is 1360. The molecule has 1 amide bonds. The van der Waals surface area contributed by atoms with E-state index in [-0.39, 0.29) is 12.5 Å². The SMILES string of the molecule is O=C1C(=Cc2ccc(-c3ccc(Cl)c(Cl)c3)o2)SC(=Nc2ccccc2)N1Cc1ccco1. The first kappa shape index (κ1) is 21.6. The zero-order valence-corrected chi connectivity index (χ0v) is 19.4. The van der Waals surface area contributed by atoms with Gasteiger partial charge in [0.25, 0.3) is 5.91 Å². The molecule has 0 unspecified atom stereocenters. The summed E-state index contributed by atoms with van der Waals surface area (Å²) in [5.74, 6) is 1.68. The number of halogens is 2. The van der Waals surface area contributed by atoms with Crippen LogP contribution in [0.25, 0.3) is 17.4 Å². The molecule has 0 bridgehead atoms. The Balaban J connectivity index is 1.45.